The number of benzene rings is 1. The molecule has 5 rings (SSSR count). The molecule has 186 valence electrons. The van der Waals surface area contributed by atoms with Gasteiger partial charge >= 0.3 is 0 Å². The summed E-state index contributed by atoms with van der Waals surface area (Å²) in [6.07, 6.45) is 7.15. The lowest BCUT2D eigenvalue weighted by Crippen LogP contribution is -2.50. The van der Waals surface area contributed by atoms with E-state index in [0.717, 1.165) is 43.3 Å². The second-order valence-corrected chi connectivity index (χ2v) is 10.7. The Morgan fingerprint density at radius 3 is 2.71 bits per heavy atom. The zero-order valence-electron chi connectivity index (χ0n) is 19.8. The van der Waals surface area contributed by atoms with Gasteiger partial charge in [0.25, 0.3) is 5.56 Å². The van der Waals surface area contributed by atoms with Crippen molar-refractivity contribution < 1.29 is 9.47 Å². The third kappa shape index (κ3) is 4.65. The van der Waals surface area contributed by atoms with Crippen LogP contribution in [0.3, 0.4) is 0 Å². The van der Waals surface area contributed by atoms with Crippen LogP contribution in [0.1, 0.15) is 19.8 Å². The lowest BCUT2D eigenvalue weighted by molar-refractivity contribution is 0.0974. The Bertz CT molecular complexity index is 1260. The molecule has 0 bridgehead atoms. The molecule has 2 aromatic heterocycles. The van der Waals surface area contributed by atoms with Crippen LogP contribution in [0.5, 0.6) is 0 Å². The quantitative estimate of drug-likeness (QED) is 0.528. The van der Waals surface area contributed by atoms with Crippen molar-refractivity contribution in [3.8, 4) is 0 Å². The van der Waals surface area contributed by atoms with Gasteiger partial charge in [0.15, 0.2) is 0 Å². The fourth-order valence-corrected chi connectivity index (χ4v) is 6.03. The molecule has 0 saturated carbocycles. The Hall–Kier alpha value is -2.24. The summed E-state index contributed by atoms with van der Waals surface area (Å²) in [5, 5.41) is 1.46. The summed E-state index contributed by atoms with van der Waals surface area (Å²) >= 11 is 8.03. The first-order valence-electron chi connectivity index (χ1n) is 11.7. The van der Waals surface area contributed by atoms with E-state index in [-0.39, 0.29) is 23.1 Å². The zero-order chi connectivity index (χ0) is 24.6. The van der Waals surface area contributed by atoms with Crippen LogP contribution in [0.2, 0.25) is 5.02 Å². The van der Waals surface area contributed by atoms with Gasteiger partial charge in [-0.3, -0.25) is 9.36 Å². The number of hydrogen-bond donors (Lipinski definition) is 1. The summed E-state index contributed by atoms with van der Waals surface area (Å²) in [6.45, 7) is 5.38. The van der Waals surface area contributed by atoms with Gasteiger partial charge in [0.05, 0.1) is 60.5 Å². The van der Waals surface area contributed by atoms with Gasteiger partial charge < -0.3 is 20.1 Å². The van der Waals surface area contributed by atoms with E-state index in [1.165, 1.54) is 22.7 Å². The van der Waals surface area contributed by atoms with Gasteiger partial charge in [-0.05, 0) is 31.9 Å². The Balaban J connectivity index is 1.30. The first-order chi connectivity index (χ1) is 16.9. The molecule has 4 heterocycles. The summed E-state index contributed by atoms with van der Waals surface area (Å²) in [4.78, 5) is 29.5. The van der Waals surface area contributed by atoms with Crippen LogP contribution >= 0.6 is 23.4 Å². The molecule has 0 amide bonds. The minimum atomic E-state index is -0.189. The van der Waals surface area contributed by atoms with Crippen LogP contribution in [-0.2, 0) is 16.0 Å². The molecule has 35 heavy (non-hydrogen) atoms. The fraction of sp³-hybridized carbons (Fsp3) is 0.500. The molecule has 2 fully saturated rings. The molecule has 2 N–H and O–H groups in total. The van der Waals surface area contributed by atoms with E-state index >= 15 is 0 Å². The normalized spacial score (nSPS) is 21.8. The molecule has 9 nitrogen and oxygen atoms in total. The molecule has 11 heteroatoms. The number of fused-ring (bicyclic) bond motifs is 1. The van der Waals surface area contributed by atoms with E-state index in [0.29, 0.717) is 34.1 Å². The number of ether oxygens (including phenoxy) is 2. The van der Waals surface area contributed by atoms with Gasteiger partial charge in [0.2, 0.25) is 0 Å². The summed E-state index contributed by atoms with van der Waals surface area (Å²) in [7, 11) is 1.59. The van der Waals surface area contributed by atoms with E-state index < -0.39 is 0 Å². The standard InChI is InChI=1S/C24H29ClN6O3S/c1-15-22(26)24(13-34-15)5-7-30(8-6-24)18-11-28-19(12-27-18)35-17-4-3-16-20(21(17)25)23(32)31(14-29-16)9-10-33-2/h3-4,11-12,14-15,22H,5-10,13,26H2,1-2H3/t15-,22+/m0/s1. The summed E-state index contributed by atoms with van der Waals surface area (Å²) in [5.74, 6) is 0.847. The van der Waals surface area contributed by atoms with Crippen LogP contribution in [0.25, 0.3) is 10.9 Å². The maximum atomic E-state index is 12.9. The molecule has 2 saturated heterocycles. The Kier molecular flexibility index (Phi) is 7.00. The van der Waals surface area contributed by atoms with Gasteiger partial charge in [-0.25, -0.2) is 15.0 Å². The topological polar surface area (TPSA) is 108 Å². The zero-order valence-corrected chi connectivity index (χ0v) is 21.4. The van der Waals surface area contributed by atoms with Gasteiger partial charge in [0, 0.05) is 36.6 Å². The maximum absolute atomic E-state index is 12.9. The number of anilines is 1. The third-order valence-corrected chi connectivity index (χ3v) is 8.68. The number of halogens is 1. The molecule has 3 aromatic rings. The van der Waals surface area contributed by atoms with Gasteiger partial charge in [0.1, 0.15) is 10.8 Å². The molecule has 2 aliphatic rings. The first kappa shape index (κ1) is 24.5. The summed E-state index contributed by atoms with van der Waals surface area (Å²) in [5.41, 5.74) is 6.88. The highest BCUT2D eigenvalue weighted by molar-refractivity contribution is 7.99. The van der Waals surface area contributed by atoms with E-state index in [1.54, 1.807) is 25.6 Å². The SMILES string of the molecule is COCCn1cnc2ccc(Sc3cnc(N4CCC5(CC4)CO[C@@H](C)[C@H]5N)cn3)c(Cl)c2c1=O. The van der Waals surface area contributed by atoms with Gasteiger partial charge in [-0.1, -0.05) is 23.4 Å². The first-order valence-corrected chi connectivity index (χ1v) is 12.9. The Morgan fingerprint density at radius 1 is 1.26 bits per heavy atom. The number of methoxy groups -OCH3 is 1. The Labute approximate surface area is 213 Å². The molecule has 0 radical (unpaired) electrons. The summed E-state index contributed by atoms with van der Waals surface area (Å²) < 4.78 is 12.4. The average Bonchev–Trinajstić information content (AvgIpc) is 3.14. The van der Waals surface area contributed by atoms with Crippen molar-refractivity contribution in [3.05, 3.63) is 46.2 Å². The number of piperidine rings is 1. The molecular weight excluding hydrogens is 488 g/mol. The molecule has 0 aliphatic carbocycles. The van der Waals surface area contributed by atoms with Crippen molar-refractivity contribution in [2.24, 2.45) is 11.1 Å². The van der Waals surface area contributed by atoms with Crippen LogP contribution in [0.15, 0.2) is 45.6 Å². The lowest BCUT2D eigenvalue weighted by atomic mass is 9.73. The smallest absolute Gasteiger partial charge is 0.262 e. The van der Waals surface area contributed by atoms with Crippen LogP contribution < -0.4 is 16.2 Å². The second-order valence-electron chi connectivity index (χ2n) is 9.21. The van der Waals surface area contributed by atoms with E-state index in [2.05, 4.69) is 26.8 Å². The molecule has 2 atom stereocenters. The van der Waals surface area contributed by atoms with Crippen LogP contribution in [0, 0.1) is 5.41 Å². The molecule has 2 aliphatic heterocycles. The van der Waals surface area contributed by atoms with Crippen molar-refractivity contribution in [3.63, 3.8) is 0 Å². The number of hydrogen-bond acceptors (Lipinski definition) is 9. The number of nitrogens with two attached hydrogens (primary N) is 1. The van der Waals surface area contributed by atoms with Crippen molar-refractivity contribution in [1.82, 2.24) is 19.5 Å². The van der Waals surface area contributed by atoms with E-state index in [9.17, 15) is 4.79 Å². The molecular formula is C24H29ClN6O3S. The van der Waals surface area contributed by atoms with Crippen LogP contribution in [-0.4, -0.2) is 65.1 Å². The van der Waals surface area contributed by atoms with E-state index in [1.807, 2.05) is 6.07 Å². The average molecular weight is 517 g/mol. The molecule has 0 unspecified atom stereocenters. The van der Waals surface area contributed by atoms with Crippen molar-refractivity contribution in [2.75, 3.05) is 38.3 Å². The number of rotatable bonds is 6. The molecule has 1 spiro atoms. The van der Waals surface area contributed by atoms with E-state index in [4.69, 9.17) is 26.8 Å². The minimum Gasteiger partial charge on any atom is -0.383 e. The van der Waals surface area contributed by atoms with Crippen molar-refractivity contribution in [1.29, 1.82) is 0 Å². The van der Waals surface area contributed by atoms with Gasteiger partial charge in [-0.2, -0.15) is 0 Å². The predicted octanol–water partition coefficient (Wildman–Crippen LogP) is 2.97. The minimum absolute atomic E-state index is 0.0724. The van der Waals surface area contributed by atoms with Gasteiger partial charge in [-0.15, -0.1) is 0 Å². The predicted molar refractivity (Wildman–Crippen MR) is 136 cm³/mol. The number of aromatic nitrogens is 4. The Morgan fingerprint density at radius 2 is 2.06 bits per heavy atom. The highest BCUT2D eigenvalue weighted by atomic mass is 35.5. The summed E-state index contributed by atoms with van der Waals surface area (Å²) in [6, 6.07) is 3.74. The highest BCUT2D eigenvalue weighted by Crippen LogP contribution is 2.42. The highest BCUT2D eigenvalue weighted by Gasteiger charge is 2.47. The van der Waals surface area contributed by atoms with Crippen LogP contribution in [0.4, 0.5) is 5.82 Å². The maximum Gasteiger partial charge on any atom is 0.262 e. The largest absolute Gasteiger partial charge is 0.383 e. The third-order valence-electron chi connectivity index (χ3n) is 7.19. The lowest BCUT2D eigenvalue weighted by Gasteiger charge is -2.41. The second kappa shape index (κ2) is 10.0. The van der Waals surface area contributed by atoms with Crippen molar-refractivity contribution in [2.45, 2.75) is 48.4 Å². The van der Waals surface area contributed by atoms with Crippen molar-refractivity contribution >= 4 is 40.1 Å². The monoisotopic (exact) mass is 516 g/mol. The molecule has 1 aromatic carbocycles. The number of nitrogens with zero attached hydrogens (tertiary/aromatic N) is 5. The fourth-order valence-electron chi connectivity index (χ4n) is 4.91.